The van der Waals surface area contributed by atoms with E-state index >= 15 is 0 Å². The van der Waals surface area contributed by atoms with Crippen LogP contribution in [0.1, 0.15) is 21.9 Å². The van der Waals surface area contributed by atoms with Crippen LogP contribution >= 0.6 is 11.8 Å². The van der Waals surface area contributed by atoms with Gasteiger partial charge < -0.3 is 19.6 Å². The highest BCUT2D eigenvalue weighted by Gasteiger charge is 2.40. The van der Waals surface area contributed by atoms with Crippen LogP contribution in [0.15, 0.2) is 59.9 Å². The number of aryl methyl sites for hydroxylation is 2. The van der Waals surface area contributed by atoms with E-state index in [1.807, 2.05) is 69.2 Å². The number of carbonyl (C=O) groups is 1. The summed E-state index contributed by atoms with van der Waals surface area (Å²) < 4.78 is 5.61. The van der Waals surface area contributed by atoms with Crippen LogP contribution in [0.4, 0.5) is 5.69 Å². The zero-order valence-corrected chi connectivity index (χ0v) is 18.2. The zero-order chi connectivity index (χ0) is 21.1. The van der Waals surface area contributed by atoms with Gasteiger partial charge in [-0.05, 0) is 57.8 Å². The molecule has 0 saturated heterocycles. The van der Waals surface area contributed by atoms with Crippen molar-refractivity contribution in [1.29, 1.82) is 0 Å². The Hall–Kier alpha value is -2.44. The molecule has 0 aliphatic carbocycles. The molecule has 5 nitrogen and oxygen atoms in total. The molecule has 1 heterocycles. The molecular weight excluding hydrogens is 384 g/mol. The van der Waals surface area contributed by atoms with E-state index in [0.717, 1.165) is 27.3 Å². The molecule has 2 aromatic carbocycles. The number of aliphatic hydroxyl groups is 1. The third-order valence-corrected chi connectivity index (χ3v) is 6.24. The monoisotopic (exact) mass is 412 g/mol. The van der Waals surface area contributed by atoms with Gasteiger partial charge in [-0.3, -0.25) is 4.79 Å². The van der Waals surface area contributed by atoms with Gasteiger partial charge in [0.05, 0.1) is 10.9 Å². The second kappa shape index (κ2) is 8.93. The van der Waals surface area contributed by atoms with Crippen LogP contribution in [0.25, 0.3) is 0 Å². The normalized spacial score (nSPS) is 19.1. The molecule has 1 N–H and O–H groups in total. The Bertz CT molecular complexity index is 895. The molecule has 1 aliphatic heterocycles. The van der Waals surface area contributed by atoms with Gasteiger partial charge >= 0.3 is 0 Å². The molecule has 6 heteroatoms. The lowest BCUT2D eigenvalue weighted by Gasteiger charge is -2.28. The van der Waals surface area contributed by atoms with Crippen LogP contribution in [0.3, 0.4) is 0 Å². The highest BCUT2D eigenvalue weighted by Crippen LogP contribution is 2.47. The molecule has 1 unspecified atom stereocenters. The highest BCUT2D eigenvalue weighted by atomic mass is 32.2. The summed E-state index contributed by atoms with van der Waals surface area (Å²) in [5.41, 5.74) is 4.12. The topological polar surface area (TPSA) is 53.0 Å². The van der Waals surface area contributed by atoms with E-state index in [2.05, 4.69) is 12.6 Å². The minimum atomic E-state index is -0.880. The number of fused-ring (bicyclic) bond motifs is 1. The Balaban J connectivity index is 2.10. The van der Waals surface area contributed by atoms with Gasteiger partial charge in [0, 0.05) is 18.0 Å². The summed E-state index contributed by atoms with van der Waals surface area (Å²) in [6.45, 7) is 8.78. The number of anilines is 1. The van der Waals surface area contributed by atoms with Gasteiger partial charge in [-0.2, -0.15) is 0 Å². The van der Waals surface area contributed by atoms with Gasteiger partial charge in [-0.15, -0.1) is 11.8 Å². The molecule has 0 aromatic heterocycles. The Kier molecular flexibility index (Phi) is 6.55. The molecule has 0 bridgehead atoms. The lowest BCUT2D eigenvalue weighted by Crippen LogP contribution is -2.44. The SMILES string of the molecule is C=C(O)O[C@@H]1C(=O)N(CCN(C)C)c2ccc(C)cc2SC1c1ccc(C)cc1. The van der Waals surface area contributed by atoms with Crippen molar-refractivity contribution in [2.24, 2.45) is 0 Å². The molecular formula is C23H28N2O3S. The lowest BCUT2D eigenvalue weighted by atomic mass is 10.0. The number of ether oxygens (including phenoxy) is 1. The van der Waals surface area contributed by atoms with Crippen molar-refractivity contribution >= 4 is 23.4 Å². The molecule has 0 fully saturated rings. The van der Waals surface area contributed by atoms with Crippen molar-refractivity contribution in [3.63, 3.8) is 0 Å². The first-order chi connectivity index (χ1) is 13.8. The molecule has 1 amide bonds. The predicted molar refractivity (Wildman–Crippen MR) is 119 cm³/mol. The van der Waals surface area contributed by atoms with E-state index in [0.29, 0.717) is 13.1 Å². The van der Waals surface area contributed by atoms with Gasteiger partial charge in [-0.1, -0.05) is 35.9 Å². The molecule has 2 atom stereocenters. The van der Waals surface area contributed by atoms with E-state index in [4.69, 9.17) is 4.74 Å². The lowest BCUT2D eigenvalue weighted by molar-refractivity contribution is -0.130. The summed E-state index contributed by atoms with van der Waals surface area (Å²) >= 11 is 1.59. The summed E-state index contributed by atoms with van der Waals surface area (Å²) in [4.78, 5) is 18.4. The van der Waals surface area contributed by atoms with Crippen molar-refractivity contribution in [3.05, 3.63) is 71.7 Å². The number of likely N-dealkylation sites (N-methyl/N-ethyl adjacent to an activating group) is 1. The highest BCUT2D eigenvalue weighted by molar-refractivity contribution is 7.99. The third kappa shape index (κ3) is 4.95. The smallest absolute Gasteiger partial charge is 0.269 e. The molecule has 154 valence electrons. The molecule has 1 aliphatic rings. The number of carbonyl (C=O) groups excluding carboxylic acids is 1. The zero-order valence-electron chi connectivity index (χ0n) is 17.4. The van der Waals surface area contributed by atoms with Gasteiger partial charge in [0.25, 0.3) is 11.9 Å². The van der Waals surface area contributed by atoms with Crippen LogP contribution in [-0.2, 0) is 9.53 Å². The second-order valence-corrected chi connectivity index (χ2v) is 8.83. The van der Waals surface area contributed by atoms with E-state index in [9.17, 15) is 9.90 Å². The number of aliphatic hydroxyl groups excluding tert-OH is 1. The van der Waals surface area contributed by atoms with Crippen molar-refractivity contribution in [1.82, 2.24) is 4.90 Å². The Morgan fingerprint density at radius 2 is 1.83 bits per heavy atom. The van der Waals surface area contributed by atoms with Crippen LogP contribution < -0.4 is 4.90 Å². The maximum Gasteiger partial charge on any atom is 0.269 e. The molecule has 0 radical (unpaired) electrons. The standard InChI is InChI=1S/C23H28N2O3S/c1-15-6-9-18(10-7-15)22-21(28-17(3)26)23(27)25(13-12-24(4)5)19-11-8-16(2)14-20(19)29-22/h6-11,14,21-22,26H,3,12-13H2,1-2,4-5H3/t21-,22?/m0/s1. The Morgan fingerprint density at radius 1 is 1.17 bits per heavy atom. The molecule has 3 rings (SSSR count). The number of rotatable bonds is 6. The van der Waals surface area contributed by atoms with Crippen LogP contribution in [0.5, 0.6) is 0 Å². The molecule has 0 spiro atoms. The van der Waals surface area contributed by atoms with E-state index in [-0.39, 0.29) is 11.2 Å². The quantitative estimate of drug-likeness (QED) is 0.710. The Labute approximate surface area is 177 Å². The number of nitrogens with zero attached hydrogens (tertiary/aromatic N) is 2. The number of hydrogen-bond donors (Lipinski definition) is 1. The van der Waals surface area contributed by atoms with Gasteiger partial charge in [0.2, 0.25) is 0 Å². The molecule has 0 saturated carbocycles. The van der Waals surface area contributed by atoms with Crippen molar-refractivity contribution in [3.8, 4) is 0 Å². The number of hydrogen-bond acceptors (Lipinski definition) is 5. The molecule has 2 aromatic rings. The average molecular weight is 413 g/mol. The molecule has 29 heavy (non-hydrogen) atoms. The van der Waals surface area contributed by atoms with Crippen molar-refractivity contribution in [2.45, 2.75) is 30.1 Å². The second-order valence-electron chi connectivity index (χ2n) is 7.65. The minimum absolute atomic E-state index is 0.178. The summed E-state index contributed by atoms with van der Waals surface area (Å²) in [6.07, 6.45) is -0.880. The fraction of sp³-hybridized carbons (Fsp3) is 0.348. The van der Waals surface area contributed by atoms with E-state index in [1.54, 1.807) is 16.7 Å². The van der Waals surface area contributed by atoms with Crippen LogP contribution in [0.2, 0.25) is 0 Å². The summed E-state index contributed by atoms with van der Waals surface area (Å²) in [7, 11) is 3.96. The van der Waals surface area contributed by atoms with Gasteiger partial charge in [0.15, 0.2) is 6.10 Å². The van der Waals surface area contributed by atoms with E-state index in [1.165, 1.54) is 0 Å². The summed E-state index contributed by atoms with van der Waals surface area (Å²) in [6, 6.07) is 14.2. The first kappa shape index (κ1) is 21.3. The fourth-order valence-electron chi connectivity index (χ4n) is 3.33. The first-order valence-electron chi connectivity index (χ1n) is 9.61. The minimum Gasteiger partial charge on any atom is -0.481 e. The maximum atomic E-state index is 13.6. The third-order valence-electron chi connectivity index (χ3n) is 4.88. The number of benzene rings is 2. The first-order valence-corrected chi connectivity index (χ1v) is 10.5. The van der Waals surface area contributed by atoms with E-state index < -0.39 is 12.0 Å². The van der Waals surface area contributed by atoms with Gasteiger partial charge in [-0.25, -0.2) is 0 Å². The fourth-order valence-corrected chi connectivity index (χ4v) is 4.74. The maximum absolute atomic E-state index is 13.6. The van der Waals surface area contributed by atoms with Crippen LogP contribution in [0, 0.1) is 13.8 Å². The average Bonchev–Trinajstić information content (AvgIpc) is 2.76. The van der Waals surface area contributed by atoms with Gasteiger partial charge in [0.1, 0.15) is 0 Å². The van der Waals surface area contributed by atoms with Crippen molar-refractivity contribution < 1.29 is 14.6 Å². The Morgan fingerprint density at radius 3 is 2.45 bits per heavy atom. The number of thioether (sulfide) groups is 1. The van der Waals surface area contributed by atoms with Crippen LogP contribution in [-0.4, -0.2) is 49.2 Å². The predicted octanol–water partition coefficient (Wildman–Crippen LogP) is 4.46. The van der Waals surface area contributed by atoms with Crippen molar-refractivity contribution in [2.75, 3.05) is 32.1 Å². The summed E-state index contributed by atoms with van der Waals surface area (Å²) in [5.74, 6) is -0.626. The number of amides is 1. The summed E-state index contributed by atoms with van der Waals surface area (Å²) in [5, 5.41) is 9.48. The largest absolute Gasteiger partial charge is 0.481 e.